The van der Waals surface area contributed by atoms with Crippen LogP contribution in [0.15, 0.2) is 71.1 Å². The molecule has 1 amide bonds. The van der Waals surface area contributed by atoms with Crippen LogP contribution >= 0.6 is 11.6 Å². The lowest BCUT2D eigenvalue weighted by molar-refractivity contribution is -0.384. The molecule has 1 aliphatic carbocycles. The van der Waals surface area contributed by atoms with Crippen molar-refractivity contribution in [2.75, 3.05) is 5.32 Å². The number of nitro benzene ring substituents is 1. The van der Waals surface area contributed by atoms with Gasteiger partial charge in [0.25, 0.3) is 11.6 Å². The third-order valence-corrected chi connectivity index (χ3v) is 6.30. The third kappa shape index (κ3) is 5.76. The van der Waals surface area contributed by atoms with Gasteiger partial charge in [0, 0.05) is 17.2 Å². The number of aryl methyl sites for hydroxylation is 3. The number of hydrogen-bond acceptors (Lipinski definition) is 6. The fourth-order valence-electron chi connectivity index (χ4n) is 4.24. The Morgan fingerprint density at radius 1 is 1.03 bits per heavy atom. The first-order valence-electron chi connectivity index (χ1n) is 11.7. The van der Waals surface area contributed by atoms with E-state index >= 15 is 0 Å². The van der Waals surface area contributed by atoms with Crippen molar-refractivity contribution < 1.29 is 23.6 Å². The highest BCUT2D eigenvalue weighted by Crippen LogP contribution is 2.32. The smallest absolute Gasteiger partial charge is 0.291 e. The molecule has 3 aromatic carbocycles. The maximum Gasteiger partial charge on any atom is 0.291 e. The number of hydrogen-bond donors (Lipinski definition) is 1. The van der Waals surface area contributed by atoms with Crippen LogP contribution < -0.4 is 14.8 Å². The number of anilines is 1. The summed E-state index contributed by atoms with van der Waals surface area (Å²) in [7, 11) is 0. The van der Waals surface area contributed by atoms with E-state index < -0.39 is 10.8 Å². The van der Waals surface area contributed by atoms with Crippen molar-refractivity contribution in [3.8, 4) is 17.2 Å². The zero-order valence-corrected chi connectivity index (χ0v) is 20.7. The number of furan rings is 1. The van der Waals surface area contributed by atoms with Crippen LogP contribution in [-0.4, -0.2) is 10.8 Å². The number of nitro groups is 1. The molecule has 0 spiro atoms. The highest BCUT2D eigenvalue weighted by molar-refractivity contribution is 6.30. The number of halogens is 1. The number of benzene rings is 3. The van der Waals surface area contributed by atoms with Crippen molar-refractivity contribution in [3.63, 3.8) is 0 Å². The number of fused-ring (bicyclic) bond motifs is 1. The Morgan fingerprint density at radius 2 is 1.86 bits per heavy atom. The molecule has 8 nitrogen and oxygen atoms in total. The van der Waals surface area contributed by atoms with E-state index in [0.29, 0.717) is 16.5 Å². The summed E-state index contributed by atoms with van der Waals surface area (Å²) < 4.78 is 17.3. The summed E-state index contributed by atoms with van der Waals surface area (Å²) in [6, 6.07) is 18.3. The Labute approximate surface area is 217 Å². The van der Waals surface area contributed by atoms with E-state index in [0.717, 1.165) is 30.6 Å². The van der Waals surface area contributed by atoms with Crippen molar-refractivity contribution in [2.45, 2.75) is 32.8 Å². The minimum absolute atomic E-state index is 0.0510. The Morgan fingerprint density at radius 3 is 2.68 bits per heavy atom. The first-order chi connectivity index (χ1) is 17.8. The van der Waals surface area contributed by atoms with Crippen LogP contribution in [-0.2, 0) is 19.4 Å². The number of non-ortho nitro benzene ring substituents is 1. The number of rotatable bonds is 8. The van der Waals surface area contributed by atoms with Gasteiger partial charge in [-0.25, -0.2) is 0 Å². The van der Waals surface area contributed by atoms with Crippen molar-refractivity contribution in [3.05, 3.63) is 110 Å². The maximum atomic E-state index is 12.8. The molecule has 1 N–H and O–H groups in total. The van der Waals surface area contributed by atoms with Crippen LogP contribution in [0.2, 0.25) is 5.02 Å². The van der Waals surface area contributed by atoms with E-state index in [2.05, 4.69) is 11.4 Å². The van der Waals surface area contributed by atoms with Gasteiger partial charge in [0.1, 0.15) is 29.6 Å². The third-order valence-electron chi connectivity index (χ3n) is 6.06. The first kappa shape index (κ1) is 24.4. The molecular weight excluding hydrogens is 496 g/mol. The summed E-state index contributed by atoms with van der Waals surface area (Å²) in [5.74, 6) is 1.40. The average Bonchev–Trinajstić information content (AvgIpc) is 3.53. The number of carbonyl (C=O) groups is 1. The van der Waals surface area contributed by atoms with Crippen molar-refractivity contribution in [1.82, 2.24) is 0 Å². The highest BCUT2D eigenvalue weighted by Gasteiger charge is 2.17. The van der Waals surface area contributed by atoms with E-state index in [1.165, 1.54) is 35.4 Å². The van der Waals surface area contributed by atoms with Gasteiger partial charge in [0.2, 0.25) is 0 Å². The largest absolute Gasteiger partial charge is 0.486 e. The highest BCUT2D eigenvalue weighted by atomic mass is 35.5. The van der Waals surface area contributed by atoms with Gasteiger partial charge in [-0.3, -0.25) is 14.9 Å². The molecule has 0 aliphatic heterocycles. The second-order valence-electron chi connectivity index (χ2n) is 8.78. The zero-order chi connectivity index (χ0) is 25.9. The van der Waals surface area contributed by atoms with Crippen LogP contribution in [0, 0.1) is 17.0 Å². The number of nitrogens with zero attached hydrogens (tertiary/aromatic N) is 1. The Bertz CT molecular complexity index is 1500. The molecule has 1 heterocycles. The predicted molar refractivity (Wildman–Crippen MR) is 139 cm³/mol. The van der Waals surface area contributed by atoms with Gasteiger partial charge in [-0.15, -0.1) is 0 Å². The molecule has 1 aliphatic rings. The minimum Gasteiger partial charge on any atom is -0.486 e. The van der Waals surface area contributed by atoms with Gasteiger partial charge in [-0.1, -0.05) is 17.7 Å². The number of carbonyl (C=O) groups excluding carboxylic acids is 1. The van der Waals surface area contributed by atoms with Gasteiger partial charge < -0.3 is 19.2 Å². The lowest BCUT2D eigenvalue weighted by Crippen LogP contribution is -2.11. The second kappa shape index (κ2) is 10.4. The first-order valence-corrected chi connectivity index (χ1v) is 12.1. The lowest BCUT2D eigenvalue weighted by Gasteiger charge is -2.11. The molecule has 0 unspecified atom stereocenters. The lowest BCUT2D eigenvalue weighted by atomic mass is 10.1. The standard InChI is InChI=1S/C28H23ClN2O6/c1-17-11-20(29)6-9-26(17)37-25-14-21(13-22(15-25)31(33)34)30-28(32)27-10-8-24(36-27)16-35-23-7-5-18-3-2-4-19(18)12-23/h5-15H,2-4,16H2,1H3,(H,30,32). The molecular formula is C28H23ClN2O6. The van der Waals surface area contributed by atoms with Crippen LogP contribution in [0.1, 0.15) is 39.4 Å². The fourth-order valence-corrected chi connectivity index (χ4v) is 4.46. The molecule has 0 fully saturated rings. The van der Waals surface area contributed by atoms with E-state index in [1.54, 1.807) is 24.3 Å². The van der Waals surface area contributed by atoms with E-state index in [-0.39, 0.29) is 29.5 Å². The Balaban J connectivity index is 1.27. The molecule has 0 atom stereocenters. The van der Waals surface area contributed by atoms with Gasteiger partial charge in [0.15, 0.2) is 5.76 Å². The normalized spacial score (nSPS) is 12.2. The van der Waals surface area contributed by atoms with Gasteiger partial charge >= 0.3 is 0 Å². The topological polar surface area (TPSA) is 104 Å². The van der Waals surface area contributed by atoms with Crippen LogP contribution in [0.25, 0.3) is 0 Å². The number of ether oxygens (including phenoxy) is 2. The molecule has 1 aromatic heterocycles. The predicted octanol–water partition coefficient (Wildman–Crippen LogP) is 7.26. The summed E-state index contributed by atoms with van der Waals surface area (Å²) in [6.45, 7) is 1.98. The molecule has 0 saturated heterocycles. The Kier molecular flexibility index (Phi) is 6.83. The summed E-state index contributed by atoms with van der Waals surface area (Å²) in [4.78, 5) is 23.7. The minimum atomic E-state index is -0.557. The summed E-state index contributed by atoms with van der Waals surface area (Å²) in [5.41, 5.74) is 3.39. The molecule has 37 heavy (non-hydrogen) atoms. The van der Waals surface area contributed by atoms with E-state index in [1.807, 2.05) is 19.1 Å². The molecule has 9 heteroatoms. The number of amides is 1. The fraction of sp³-hybridized carbons (Fsp3) is 0.179. The maximum absolute atomic E-state index is 12.8. The zero-order valence-electron chi connectivity index (χ0n) is 20.0. The van der Waals surface area contributed by atoms with E-state index in [9.17, 15) is 14.9 Å². The van der Waals surface area contributed by atoms with Crippen LogP contribution in [0.5, 0.6) is 17.2 Å². The van der Waals surface area contributed by atoms with Gasteiger partial charge in [0.05, 0.1) is 16.7 Å². The molecule has 0 bridgehead atoms. The van der Waals surface area contributed by atoms with Crippen molar-refractivity contribution >= 4 is 28.9 Å². The van der Waals surface area contributed by atoms with E-state index in [4.69, 9.17) is 25.5 Å². The molecule has 4 aromatic rings. The number of nitrogens with one attached hydrogen (secondary N) is 1. The van der Waals surface area contributed by atoms with Crippen LogP contribution in [0.4, 0.5) is 11.4 Å². The Hall–Kier alpha value is -4.30. The molecule has 0 saturated carbocycles. The van der Waals surface area contributed by atoms with Gasteiger partial charge in [-0.2, -0.15) is 0 Å². The summed E-state index contributed by atoms with van der Waals surface area (Å²) >= 11 is 5.99. The summed E-state index contributed by atoms with van der Waals surface area (Å²) in [6.07, 6.45) is 3.32. The molecule has 188 valence electrons. The van der Waals surface area contributed by atoms with Crippen molar-refractivity contribution in [1.29, 1.82) is 0 Å². The monoisotopic (exact) mass is 518 g/mol. The average molecular weight is 519 g/mol. The van der Waals surface area contributed by atoms with Crippen LogP contribution in [0.3, 0.4) is 0 Å². The SMILES string of the molecule is Cc1cc(Cl)ccc1Oc1cc(NC(=O)c2ccc(COc3ccc4c(c3)CCC4)o2)cc([N+](=O)[O-])c1. The quantitative estimate of drug-likeness (QED) is 0.194. The second-order valence-corrected chi connectivity index (χ2v) is 9.21. The molecule has 5 rings (SSSR count). The van der Waals surface area contributed by atoms with Crippen molar-refractivity contribution in [2.24, 2.45) is 0 Å². The van der Waals surface area contributed by atoms with Gasteiger partial charge in [-0.05, 0) is 85.3 Å². The summed E-state index contributed by atoms with van der Waals surface area (Å²) in [5, 5.41) is 14.7. The molecule has 0 radical (unpaired) electrons.